The van der Waals surface area contributed by atoms with Gasteiger partial charge in [0.2, 0.25) is 0 Å². The van der Waals surface area contributed by atoms with Crippen LogP contribution in [-0.2, 0) is 16.1 Å². The maximum atomic E-state index is 12.1. The number of hydrogen-bond donors (Lipinski definition) is 1. The molecule has 0 aromatic heterocycles. The summed E-state index contributed by atoms with van der Waals surface area (Å²) in [6.07, 6.45) is 3.51. The number of carbonyl (C=O) groups is 1. The Bertz CT molecular complexity index is 736. The molecular weight excluding hydrogens is 364 g/mol. The van der Waals surface area contributed by atoms with Gasteiger partial charge in [0.25, 0.3) is 0 Å². The Morgan fingerprint density at radius 1 is 1.22 bits per heavy atom. The number of rotatable bonds is 6. The number of allylic oxidation sites excluding steroid dienone is 2. The van der Waals surface area contributed by atoms with Crippen molar-refractivity contribution in [3.8, 4) is 0 Å². The number of halogens is 1. The molecule has 1 N–H and O–H groups in total. The highest BCUT2D eigenvalue weighted by molar-refractivity contribution is 6.30. The van der Waals surface area contributed by atoms with Gasteiger partial charge >= 0.3 is 5.97 Å². The summed E-state index contributed by atoms with van der Waals surface area (Å²) in [4.78, 5) is 16.6. The molecule has 146 valence electrons. The zero-order valence-corrected chi connectivity index (χ0v) is 16.7. The van der Waals surface area contributed by atoms with Crippen molar-refractivity contribution < 1.29 is 14.6 Å². The zero-order valence-electron chi connectivity index (χ0n) is 15.9. The van der Waals surface area contributed by atoms with Gasteiger partial charge in [0, 0.05) is 24.7 Å². The van der Waals surface area contributed by atoms with Crippen LogP contribution in [0.1, 0.15) is 32.3 Å². The first-order chi connectivity index (χ1) is 13.0. The Morgan fingerprint density at radius 3 is 2.44 bits per heavy atom. The largest absolute Gasteiger partial charge is 0.478 e. The van der Waals surface area contributed by atoms with Crippen molar-refractivity contribution in [2.24, 2.45) is 0 Å². The molecule has 27 heavy (non-hydrogen) atoms. The third-order valence-electron chi connectivity index (χ3n) is 5.25. The molecule has 3 rings (SSSR count). The highest BCUT2D eigenvalue weighted by Crippen LogP contribution is 2.34. The second-order valence-electron chi connectivity index (χ2n) is 6.88. The molecule has 0 radical (unpaired) electrons. The lowest BCUT2D eigenvalue weighted by atomic mass is 9.91. The summed E-state index contributed by atoms with van der Waals surface area (Å²) >= 11 is 6.03. The van der Waals surface area contributed by atoms with Crippen LogP contribution in [0.25, 0.3) is 0 Å². The van der Waals surface area contributed by atoms with Crippen LogP contribution in [0.5, 0.6) is 0 Å². The molecule has 0 saturated carbocycles. The third kappa shape index (κ3) is 4.30. The van der Waals surface area contributed by atoms with E-state index in [1.54, 1.807) is 0 Å². The van der Waals surface area contributed by atoms with E-state index in [4.69, 9.17) is 16.3 Å². The van der Waals surface area contributed by atoms with Gasteiger partial charge in [-0.15, -0.1) is 0 Å². The van der Waals surface area contributed by atoms with Crippen molar-refractivity contribution in [2.75, 3.05) is 26.3 Å². The molecule has 1 fully saturated rings. The molecule has 1 aromatic rings. The smallest absolute Gasteiger partial charge is 0.333 e. The second-order valence-corrected chi connectivity index (χ2v) is 7.31. The molecule has 5 nitrogen and oxygen atoms in total. The van der Waals surface area contributed by atoms with Gasteiger partial charge in [-0.3, -0.25) is 0 Å². The molecule has 0 aliphatic carbocycles. The average molecular weight is 391 g/mol. The summed E-state index contributed by atoms with van der Waals surface area (Å²) in [6, 6.07) is 7.61. The number of hydrogen-bond acceptors (Lipinski definition) is 4. The molecule has 2 aliphatic rings. The second kappa shape index (κ2) is 8.81. The molecule has 1 saturated heterocycles. The molecule has 1 atom stereocenters. The molecule has 0 bridgehead atoms. The monoisotopic (exact) mass is 390 g/mol. The van der Waals surface area contributed by atoms with E-state index in [-0.39, 0.29) is 6.04 Å². The van der Waals surface area contributed by atoms with Crippen LogP contribution in [0.15, 0.2) is 47.3 Å². The fourth-order valence-electron chi connectivity index (χ4n) is 3.89. The van der Waals surface area contributed by atoms with Gasteiger partial charge in [-0.2, -0.15) is 0 Å². The number of benzene rings is 1. The Balaban J connectivity index is 2.02. The standard InChI is InChI=1S/C21H27ClN2O3/c1-3-16-13-19(23-9-11-27-12-10-23)24(18(4-2)20(16)21(25)26)14-15-5-7-17(22)8-6-15/h5-8,13,18H,3-4,9-12,14H2,1-2H3,(H,25,26). The van der Waals surface area contributed by atoms with E-state index in [2.05, 4.69) is 22.8 Å². The van der Waals surface area contributed by atoms with E-state index in [9.17, 15) is 9.90 Å². The lowest BCUT2D eigenvalue weighted by Crippen LogP contribution is -2.48. The molecule has 2 aliphatic heterocycles. The molecule has 1 aromatic carbocycles. The van der Waals surface area contributed by atoms with Crippen LogP contribution >= 0.6 is 11.6 Å². The Labute approximate surface area is 165 Å². The predicted molar refractivity (Wildman–Crippen MR) is 107 cm³/mol. The molecule has 0 spiro atoms. The van der Waals surface area contributed by atoms with Crippen molar-refractivity contribution in [3.05, 3.63) is 57.9 Å². The Kier molecular flexibility index (Phi) is 6.45. The van der Waals surface area contributed by atoms with Crippen LogP contribution in [0.4, 0.5) is 0 Å². The van der Waals surface area contributed by atoms with E-state index in [1.807, 2.05) is 31.2 Å². The fraction of sp³-hybridized carbons (Fsp3) is 0.476. The summed E-state index contributed by atoms with van der Waals surface area (Å²) in [5.41, 5.74) is 2.55. The van der Waals surface area contributed by atoms with E-state index >= 15 is 0 Å². The zero-order chi connectivity index (χ0) is 19.4. The SMILES string of the molecule is CCC1=C(C(=O)O)C(CC)N(Cc2ccc(Cl)cc2)C(N2CCOCC2)=C1. The fourth-order valence-corrected chi connectivity index (χ4v) is 4.01. The van der Waals surface area contributed by atoms with Crippen LogP contribution in [0.3, 0.4) is 0 Å². The summed E-state index contributed by atoms with van der Waals surface area (Å²) in [5.74, 6) is 0.277. The first-order valence-electron chi connectivity index (χ1n) is 9.57. The Morgan fingerprint density at radius 2 is 1.89 bits per heavy atom. The van der Waals surface area contributed by atoms with E-state index in [0.717, 1.165) is 36.5 Å². The molecular formula is C21H27ClN2O3. The lowest BCUT2D eigenvalue weighted by molar-refractivity contribution is -0.133. The first kappa shape index (κ1) is 19.8. The topological polar surface area (TPSA) is 53.0 Å². The maximum Gasteiger partial charge on any atom is 0.333 e. The number of morpholine rings is 1. The third-order valence-corrected chi connectivity index (χ3v) is 5.50. The molecule has 6 heteroatoms. The minimum absolute atomic E-state index is 0.157. The van der Waals surface area contributed by atoms with Crippen molar-refractivity contribution >= 4 is 17.6 Å². The van der Waals surface area contributed by atoms with E-state index < -0.39 is 5.97 Å². The van der Waals surface area contributed by atoms with Gasteiger partial charge in [-0.25, -0.2) is 4.79 Å². The highest BCUT2D eigenvalue weighted by Gasteiger charge is 2.35. The van der Waals surface area contributed by atoms with Crippen molar-refractivity contribution in [3.63, 3.8) is 0 Å². The van der Waals surface area contributed by atoms with Gasteiger partial charge in [-0.1, -0.05) is 37.6 Å². The first-order valence-corrected chi connectivity index (χ1v) is 9.94. The predicted octanol–water partition coefficient (Wildman–Crippen LogP) is 3.90. The van der Waals surface area contributed by atoms with Crippen LogP contribution in [0.2, 0.25) is 5.02 Å². The minimum atomic E-state index is -0.822. The minimum Gasteiger partial charge on any atom is -0.478 e. The molecule has 0 amide bonds. The summed E-state index contributed by atoms with van der Waals surface area (Å²) < 4.78 is 5.51. The lowest BCUT2D eigenvalue weighted by Gasteiger charge is -2.45. The van der Waals surface area contributed by atoms with Gasteiger partial charge in [0.05, 0.1) is 24.8 Å². The number of aliphatic carboxylic acids is 1. The summed E-state index contributed by atoms with van der Waals surface area (Å²) in [7, 11) is 0. The number of carboxylic acids is 1. The van der Waals surface area contributed by atoms with E-state index in [1.165, 1.54) is 0 Å². The maximum absolute atomic E-state index is 12.1. The number of nitrogens with zero attached hydrogens (tertiary/aromatic N) is 2. The van der Waals surface area contributed by atoms with Crippen molar-refractivity contribution in [2.45, 2.75) is 39.3 Å². The summed E-state index contributed by atoms with van der Waals surface area (Å²) in [5, 5.41) is 10.6. The molecule has 2 heterocycles. The van der Waals surface area contributed by atoms with Crippen molar-refractivity contribution in [1.29, 1.82) is 0 Å². The van der Waals surface area contributed by atoms with E-state index in [0.29, 0.717) is 36.8 Å². The van der Waals surface area contributed by atoms with Gasteiger partial charge in [-0.05, 0) is 42.2 Å². The van der Waals surface area contributed by atoms with Gasteiger partial charge in [0.15, 0.2) is 0 Å². The number of ether oxygens (including phenoxy) is 1. The van der Waals surface area contributed by atoms with Crippen LogP contribution < -0.4 is 0 Å². The molecule has 1 unspecified atom stereocenters. The van der Waals surface area contributed by atoms with Crippen molar-refractivity contribution in [1.82, 2.24) is 9.80 Å². The highest BCUT2D eigenvalue weighted by atomic mass is 35.5. The van der Waals surface area contributed by atoms with Crippen LogP contribution in [0, 0.1) is 0 Å². The normalized spacial score (nSPS) is 20.7. The average Bonchev–Trinajstić information content (AvgIpc) is 2.69. The Hall–Kier alpha value is -1.98. The quantitative estimate of drug-likeness (QED) is 0.798. The van der Waals surface area contributed by atoms with Gasteiger partial charge in [0.1, 0.15) is 5.82 Å². The van der Waals surface area contributed by atoms with Crippen LogP contribution in [-0.4, -0.2) is 53.2 Å². The van der Waals surface area contributed by atoms with Gasteiger partial charge < -0.3 is 19.6 Å². The summed E-state index contributed by atoms with van der Waals surface area (Å²) in [6.45, 7) is 7.75. The number of carboxylic acid groups (broad SMARTS) is 1.